The molecule has 2 atom stereocenters. The number of hydrogen-bond acceptors (Lipinski definition) is 6. The zero-order valence-electron chi connectivity index (χ0n) is 20.8. The fraction of sp³-hybridized carbons (Fsp3) is 0.400. The smallest absolute Gasteiger partial charge is 0.255 e. The number of carbonyl (C=O) groups is 3. The molecule has 1 N–H and O–H groups in total. The van der Waals surface area contributed by atoms with Crippen LogP contribution in [0.5, 0.6) is 5.75 Å². The molecule has 0 aromatic heterocycles. The second-order valence-electron chi connectivity index (χ2n) is 9.99. The molecule has 182 valence electrons. The fourth-order valence-electron chi connectivity index (χ4n) is 4.95. The molecule has 3 heterocycles. The minimum atomic E-state index is -1.58. The van der Waals surface area contributed by atoms with E-state index in [4.69, 9.17) is 48.7 Å². The van der Waals surface area contributed by atoms with Gasteiger partial charge in [-0.15, -0.1) is 0 Å². The van der Waals surface area contributed by atoms with Gasteiger partial charge < -0.3 is 19.3 Å². The molecule has 5 rings (SSSR count). The molecule has 2 aromatic carbocycles. The summed E-state index contributed by atoms with van der Waals surface area (Å²) in [5.74, 6) is -1.38. The fourth-order valence-corrected chi connectivity index (χ4v) is 4.95. The summed E-state index contributed by atoms with van der Waals surface area (Å²) in [7, 11) is 30.3. The van der Waals surface area contributed by atoms with Crippen molar-refractivity contribution in [1.82, 2.24) is 15.1 Å². The van der Waals surface area contributed by atoms with E-state index in [1.807, 2.05) is 24.3 Å². The second kappa shape index (κ2) is 10.0. The van der Waals surface area contributed by atoms with Gasteiger partial charge in [-0.1, -0.05) is 30.3 Å². The van der Waals surface area contributed by atoms with Crippen molar-refractivity contribution in [3.63, 3.8) is 0 Å². The number of fused-ring (bicyclic) bond motifs is 1. The summed E-state index contributed by atoms with van der Waals surface area (Å²) in [5.41, 5.74) is 2.98. The van der Waals surface area contributed by atoms with Crippen molar-refractivity contribution in [3.8, 4) is 5.75 Å². The van der Waals surface area contributed by atoms with Crippen LogP contribution in [0, 0.1) is 0 Å². The second-order valence-corrected chi connectivity index (χ2v) is 9.99. The molecular formula is C25H22B5N3O5. The largest absolute Gasteiger partial charge is 0.489 e. The van der Waals surface area contributed by atoms with Crippen molar-refractivity contribution in [2.75, 3.05) is 6.61 Å². The number of piperidine rings is 1. The normalized spacial score (nSPS) is 24.6. The summed E-state index contributed by atoms with van der Waals surface area (Å²) in [6.45, 7) is 0.718. The molecule has 2 aromatic rings. The van der Waals surface area contributed by atoms with E-state index < -0.39 is 28.6 Å². The van der Waals surface area contributed by atoms with Crippen LogP contribution in [0.3, 0.4) is 0 Å². The molecule has 13 heteroatoms. The Morgan fingerprint density at radius 3 is 2.45 bits per heavy atom. The minimum absolute atomic E-state index is 0.0789. The van der Waals surface area contributed by atoms with Crippen molar-refractivity contribution in [1.29, 1.82) is 0 Å². The third-order valence-electron chi connectivity index (χ3n) is 7.20. The molecule has 0 spiro atoms. The third-order valence-corrected chi connectivity index (χ3v) is 7.20. The van der Waals surface area contributed by atoms with Gasteiger partial charge in [0.15, 0.2) is 0 Å². The quantitative estimate of drug-likeness (QED) is 0.420. The summed E-state index contributed by atoms with van der Waals surface area (Å²) in [4.78, 5) is 39.9. The molecule has 10 radical (unpaired) electrons. The van der Waals surface area contributed by atoms with E-state index >= 15 is 0 Å². The predicted molar refractivity (Wildman–Crippen MR) is 143 cm³/mol. The lowest BCUT2D eigenvalue weighted by atomic mass is 9.49. The summed E-state index contributed by atoms with van der Waals surface area (Å²) in [5, 5.41) is -0.609. The number of ether oxygens (including phenoxy) is 2. The number of rotatable bonds is 6. The summed E-state index contributed by atoms with van der Waals surface area (Å²) < 4.78 is 11.4. The maximum Gasteiger partial charge on any atom is 0.255 e. The van der Waals surface area contributed by atoms with E-state index in [0.717, 1.165) is 16.7 Å². The molecule has 3 amide bonds. The number of amides is 3. The van der Waals surface area contributed by atoms with Gasteiger partial charge in [0.1, 0.15) is 34.1 Å². The first-order valence-corrected chi connectivity index (χ1v) is 12.3. The lowest BCUT2D eigenvalue weighted by Crippen LogP contribution is -2.70. The predicted octanol–water partition coefficient (Wildman–Crippen LogP) is -0.665. The molecule has 0 saturated carbocycles. The molecule has 2 fully saturated rings. The lowest BCUT2D eigenvalue weighted by Gasteiger charge is -2.56. The standard InChI is InChI=1S/C25H22B5N3O5/c26-23-25(29,30)38-13-24(27,28)33(23)10-14-4-6-15(7-5-14)12-37-19-3-1-2-16-17(19)11-32(22(16)36)18-8-9-20(34)31-21(18)35/h1-7,18,23H,8-13H2,(H,31,34,35). The van der Waals surface area contributed by atoms with Crippen LogP contribution in [0.4, 0.5) is 0 Å². The van der Waals surface area contributed by atoms with E-state index in [9.17, 15) is 14.4 Å². The van der Waals surface area contributed by atoms with Gasteiger partial charge >= 0.3 is 0 Å². The Labute approximate surface area is 228 Å². The van der Waals surface area contributed by atoms with Crippen molar-refractivity contribution >= 4 is 57.0 Å². The van der Waals surface area contributed by atoms with Gasteiger partial charge in [-0.05, 0) is 46.4 Å². The molecule has 2 unspecified atom stereocenters. The molecule has 3 aliphatic heterocycles. The van der Waals surface area contributed by atoms with Crippen LogP contribution in [-0.4, -0.2) is 96.1 Å². The number of nitrogens with one attached hydrogen (secondary N) is 1. The van der Waals surface area contributed by atoms with Crippen LogP contribution < -0.4 is 10.1 Å². The van der Waals surface area contributed by atoms with Crippen LogP contribution in [0.25, 0.3) is 0 Å². The average Bonchev–Trinajstić information content (AvgIpc) is 3.21. The number of carbonyl (C=O) groups excluding carboxylic acids is 3. The van der Waals surface area contributed by atoms with E-state index in [1.165, 1.54) is 4.90 Å². The van der Waals surface area contributed by atoms with E-state index in [0.29, 0.717) is 24.3 Å². The van der Waals surface area contributed by atoms with Crippen LogP contribution in [0.15, 0.2) is 42.5 Å². The minimum Gasteiger partial charge on any atom is -0.489 e. The molecule has 0 aliphatic carbocycles. The zero-order valence-corrected chi connectivity index (χ0v) is 20.8. The summed E-state index contributed by atoms with van der Waals surface area (Å²) >= 11 is 0. The molecule has 3 aliphatic rings. The molecular weight excluding hydrogens is 476 g/mol. The van der Waals surface area contributed by atoms with Crippen molar-refractivity contribution in [2.24, 2.45) is 0 Å². The van der Waals surface area contributed by atoms with Crippen molar-refractivity contribution in [2.45, 2.75) is 55.3 Å². The summed E-state index contributed by atoms with van der Waals surface area (Å²) in [6, 6.07) is 12.2. The van der Waals surface area contributed by atoms with Crippen molar-refractivity contribution in [3.05, 3.63) is 64.7 Å². The van der Waals surface area contributed by atoms with Gasteiger partial charge in [-0.3, -0.25) is 19.7 Å². The summed E-state index contributed by atoms with van der Waals surface area (Å²) in [6.07, 6.45) is 0.499. The Kier molecular flexibility index (Phi) is 7.03. The number of hydrogen-bond donors (Lipinski definition) is 1. The van der Waals surface area contributed by atoms with Gasteiger partial charge in [0.2, 0.25) is 11.8 Å². The van der Waals surface area contributed by atoms with E-state index in [1.54, 1.807) is 23.1 Å². The monoisotopic (exact) mass is 499 g/mol. The average molecular weight is 499 g/mol. The maximum atomic E-state index is 13.0. The molecule has 8 nitrogen and oxygen atoms in total. The zero-order chi connectivity index (χ0) is 27.2. The van der Waals surface area contributed by atoms with Crippen LogP contribution >= 0.6 is 0 Å². The van der Waals surface area contributed by atoms with Gasteiger partial charge in [0, 0.05) is 30.7 Å². The number of benzene rings is 2. The molecule has 0 bridgehead atoms. The highest BCUT2D eigenvalue weighted by Crippen LogP contribution is 2.34. The highest BCUT2D eigenvalue weighted by atomic mass is 16.5. The Balaban J connectivity index is 1.24. The molecule has 2 saturated heterocycles. The SMILES string of the molecule is [B]C1N(Cc2ccc(COc3cccc4c3CN(C3CCC(=O)NC3=O)C4=O)cc2)C([B])([B])COC1([B])[B]. The third kappa shape index (κ3) is 5.06. The first-order chi connectivity index (χ1) is 18.0. The number of nitrogens with zero attached hydrogens (tertiary/aromatic N) is 2. The number of morpholine rings is 1. The highest BCUT2D eigenvalue weighted by Gasteiger charge is 2.42. The topological polar surface area (TPSA) is 88.2 Å². The van der Waals surface area contributed by atoms with Crippen molar-refractivity contribution < 1.29 is 23.9 Å². The first kappa shape index (κ1) is 26.7. The van der Waals surface area contributed by atoms with Gasteiger partial charge in [-0.25, -0.2) is 0 Å². The Morgan fingerprint density at radius 2 is 1.74 bits per heavy atom. The Bertz CT molecular complexity index is 1270. The van der Waals surface area contributed by atoms with Crippen LogP contribution in [-0.2, 0) is 34.0 Å². The maximum absolute atomic E-state index is 13.0. The Morgan fingerprint density at radius 1 is 1.03 bits per heavy atom. The van der Waals surface area contributed by atoms with Crippen LogP contribution in [0.2, 0.25) is 0 Å². The van der Waals surface area contributed by atoms with Gasteiger partial charge in [-0.2, -0.15) is 0 Å². The van der Waals surface area contributed by atoms with Crippen LogP contribution in [0.1, 0.15) is 39.9 Å². The van der Waals surface area contributed by atoms with E-state index in [2.05, 4.69) is 5.32 Å². The lowest BCUT2D eigenvalue weighted by molar-refractivity contribution is -0.136. The number of imide groups is 1. The van der Waals surface area contributed by atoms with E-state index in [-0.39, 0.29) is 38.0 Å². The highest BCUT2D eigenvalue weighted by molar-refractivity contribution is 6.45. The molecule has 38 heavy (non-hydrogen) atoms. The van der Waals surface area contributed by atoms with Gasteiger partial charge in [0.25, 0.3) is 5.91 Å². The Hall–Kier alpha value is -2.91. The van der Waals surface area contributed by atoms with Gasteiger partial charge in [0.05, 0.1) is 30.1 Å². The first-order valence-electron chi connectivity index (χ1n) is 12.3.